The molecule has 3 rings (SSSR count). The van der Waals surface area contributed by atoms with Crippen LogP contribution in [-0.4, -0.2) is 41.6 Å². The van der Waals surface area contributed by atoms with Crippen LogP contribution in [0.5, 0.6) is 5.75 Å². The third-order valence-corrected chi connectivity index (χ3v) is 6.00. The highest BCUT2D eigenvalue weighted by Gasteiger charge is 2.60. The van der Waals surface area contributed by atoms with Gasteiger partial charge in [-0.2, -0.15) is 26.3 Å². The number of amides is 1. The van der Waals surface area contributed by atoms with Gasteiger partial charge in [-0.25, -0.2) is 0 Å². The van der Waals surface area contributed by atoms with E-state index in [1.54, 1.807) is 0 Å². The van der Waals surface area contributed by atoms with E-state index >= 15 is 0 Å². The molecule has 2 fully saturated rings. The molecule has 10 heteroatoms. The Bertz CT molecular complexity index is 751. The summed E-state index contributed by atoms with van der Waals surface area (Å²) < 4.78 is 81.6. The number of benzene rings is 1. The smallest absolute Gasteiger partial charge is 0.425 e. The van der Waals surface area contributed by atoms with Gasteiger partial charge in [-0.15, -0.1) is 0 Å². The number of aliphatic hydroxyl groups is 1. The van der Waals surface area contributed by atoms with Crippen molar-refractivity contribution in [3.63, 3.8) is 0 Å². The quantitative estimate of drug-likeness (QED) is 0.720. The average molecular weight is 425 g/mol. The molecule has 1 spiro atoms. The van der Waals surface area contributed by atoms with Crippen LogP contribution in [-0.2, 0) is 4.79 Å². The fourth-order valence-corrected chi connectivity index (χ4v) is 3.93. The number of nitrogens with zero attached hydrogens (tertiary/aromatic N) is 1. The van der Waals surface area contributed by atoms with Gasteiger partial charge in [0.2, 0.25) is 5.91 Å². The van der Waals surface area contributed by atoms with Crippen LogP contribution in [0.2, 0.25) is 0 Å². The number of hydrogen-bond acceptors (Lipinski definition) is 3. The Morgan fingerprint density at radius 3 is 2.03 bits per heavy atom. The Morgan fingerprint density at radius 2 is 1.55 bits per heavy atom. The second kappa shape index (κ2) is 7.07. The first-order valence-electron chi connectivity index (χ1n) is 9.22. The van der Waals surface area contributed by atoms with Gasteiger partial charge in [0.25, 0.3) is 0 Å². The average Bonchev–Trinajstić information content (AvgIpc) is 2.93. The zero-order valence-electron chi connectivity index (χ0n) is 15.6. The van der Waals surface area contributed by atoms with E-state index in [0.717, 1.165) is 6.92 Å². The molecule has 0 radical (unpaired) electrons. The van der Waals surface area contributed by atoms with E-state index in [9.17, 15) is 36.2 Å². The number of carbonyl (C=O) groups excluding carboxylic acids is 1. The number of halogens is 6. The number of hydrogen-bond donors (Lipinski definition) is 1. The molecule has 4 nitrogen and oxygen atoms in total. The van der Waals surface area contributed by atoms with Crippen LogP contribution in [0, 0.1) is 5.41 Å². The van der Waals surface area contributed by atoms with E-state index in [-0.39, 0.29) is 24.5 Å². The van der Waals surface area contributed by atoms with E-state index in [0.29, 0.717) is 18.7 Å². The molecule has 0 unspecified atom stereocenters. The molecule has 1 heterocycles. The van der Waals surface area contributed by atoms with E-state index in [4.69, 9.17) is 4.74 Å². The Morgan fingerprint density at radius 1 is 1.00 bits per heavy atom. The summed E-state index contributed by atoms with van der Waals surface area (Å²) in [6.07, 6.45) is -12.1. The number of carbonyl (C=O) groups is 1. The number of rotatable bonds is 3. The lowest BCUT2D eigenvalue weighted by atomic mass is 9.67. The van der Waals surface area contributed by atoms with Crippen molar-refractivity contribution in [3.8, 4) is 5.75 Å². The summed E-state index contributed by atoms with van der Waals surface area (Å²) in [7, 11) is 0. The SMILES string of the molecule is C[C@H](Oc1ccc(N2CCC3(CCC(O)(C(F)(F)F)CC3)C2=O)cc1)C(F)(F)F. The summed E-state index contributed by atoms with van der Waals surface area (Å²) in [6, 6.07) is 5.53. The number of ether oxygens (including phenoxy) is 1. The van der Waals surface area contributed by atoms with Gasteiger partial charge < -0.3 is 14.7 Å². The third kappa shape index (κ3) is 4.04. The van der Waals surface area contributed by atoms with Crippen LogP contribution in [0.15, 0.2) is 24.3 Å². The normalized spacial score (nSPS) is 29.4. The molecule has 29 heavy (non-hydrogen) atoms. The largest absolute Gasteiger partial charge is 0.481 e. The minimum Gasteiger partial charge on any atom is -0.481 e. The molecule has 1 amide bonds. The molecule has 1 aliphatic heterocycles. The Hall–Kier alpha value is -1.97. The van der Waals surface area contributed by atoms with Crippen molar-refractivity contribution in [1.82, 2.24) is 0 Å². The summed E-state index contributed by atoms with van der Waals surface area (Å²) >= 11 is 0. The van der Waals surface area contributed by atoms with Gasteiger partial charge in [0.15, 0.2) is 11.7 Å². The summed E-state index contributed by atoms with van der Waals surface area (Å²) in [4.78, 5) is 14.3. The number of alkyl halides is 6. The highest BCUT2D eigenvalue weighted by atomic mass is 19.4. The van der Waals surface area contributed by atoms with Gasteiger partial charge in [-0.3, -0.25) is 4.79 Å². The fraction of sp³-hybridized carbons (Fsp3) is 0.632. The van der Waals surface area contributed by atoms with Crippen molar-refractivity contribution in [2.45, 2.75) is 63.1 Å². The van der Waals surface area contributed by atoms with E-state index in [2.05, 4.69) is 0 Å². The summed E-state index contributed by atoms with van der Waals surface area (Å²) in [5.74, 6) is -0.327. The maximum atomic E-state index is 13.0. The van der Waals surface area contributed by atoms with Gasteiger partial charge in [-0.05, 0) is 63.3 Å². The Labute approximate surface area is 163 Å². The predicted molar refractivity (Wildman–Crippen MR) is 91.5 cm³/mol. The van der Waals surface area contributed by atoms with Crippen LogP contribution in [0.1, 0.15) is 39.0 Å². The zero-order valence-corrected chi connectivity index (χ0v) is 15.6. The van der Waals surface area contributed by atoms with Crippen LogP contribution in [0.4, 0.5) is 32.0 Å². The molecule has 1 atom stereocenters. The van der Waals surface area contributed by atoms with Crippen LogP contribution in [0.25, 0.3) is 0 Å². The summed E-state index contributed by atoms with van der Waals surface area (Å²) in [6.45, 7) is 1.18. The van der Waals surface area contributed by atoms with Gasteiger partial charge in [0.1, 0.15) is 5.75 Å². The molecule has 1 aromatic carbocycles. The minimum absolute atomic E-state index is 0.00663. The maximum Gasteiger partial charge on any atom is 0.425 e. The molecular weight excluding hydrogens is 404 g/mol. The van der Waals surface area contributed by atoms with E-state index < -0.39 is 42.3 Å². The Kier molecular flexibility index (Phi) is 5.30. The molecule has 1 saturated heterocycles. The monoisotopic (exact) mass is 425 g/mol. The standard InChI is InChI=1S/C19H21F6NO3/c1-12(18(20,21)22)29-14-4-2-13(3-5-14)26-11-10-16(15(26)27)6-8-17(28,9-7-16)19(23,24)25/h2-5,12,28H,6-11H2,1H3/t12-,16?,17?/m0/s1. The highest BCUT2D eigenvalue weighted by Crippen LogP contribution is 2.52. The van der Waals surface area contributed by atoms with Crippen molar-refractivity contribution in [1.29, 1.82) is 0 Å². The van der Waals surface area contributed by atoms with E-state index in [1.807, 2.05) is 0 Å². The molecule has 1 N–H and O–H groups in total. The topological polar surface area (TPSA) is 49.8 Å². The lowest BCUT2D eigenvalue weighted by Crippen LogP contribution is -2.51. The third-order valence-electron chi connectivity index (χ3n) is 6.00. The van der Waals surface area contributed by atoms with Gasteiger partial charge >= 0.3 is 12.4 Å². The second-order valence-corrected chi connectivity index (χ2v) is 7.81. The molecule has 162 valence electrons. The molecule has 0 aromatic heterocycles. The highest BCUT2D eigenvalue weighted by molar-refractivity contribution is 6.00. The molecule has 1 saturated carbocycles. The fourth-order valence-electron chi connectivity index (χ4n) is 3.93. The van der Waals surface area contributed by atoms with Crippen molar-refractivity contribution in [2.75, 3.05) is 11.4 Å². The maximum absolute atomic E-state index is 13.0. The molecule has 1 aliphatic carbocycles. The first kappa shape index (κ1) is 21.7. The van der Waals surface area contributed by atoms with Gasteiger partial charge in [-0.1, -0.05) is 0 Å². The molecule has 0 bridgehead atoms. The lowest BCUT2D eigenvalue weighted by Gasteiger charge is -2.41. The Balaban J connectivity index is 1.68. The van der Waals surface area contributed by atoms with Gasteiger partial charge in [0.05, 0.1) is 5.41 Å². The minimum atomic E-state index is -4.74. The first-order valence-corrected chi connectivity index (χ1v) is 9.22. The summed E-state index contributed by atoms with van der Waals surface area (Å²) in [5.41, 5.74) is -3.27. The van der Waals surface area contributed by atoms with Gasteiger partial charge in [0, 0.05) is 12.2 Å². The van der Waals surface area contributed by atoms with Crippen molar-refractivity contribution in [2.24, 2.45) is 5.41 Å². The van der Waals surface area contributed by atoms with Crippen molar-refractivity contribution >= 4 is 11.6 Å². The van der Waals surface area contributed by atoms with Crippen molar-refractivity contribution in [3.05, 3.63) is 24.3 Å². The van der Waals surface area contributed by atoms with E-state index in [1.165, 1.54) is 29.2 Å². The first-order chi connectivity index (χ1) is 13.3. The van der Waals surface area contributed by atoms with Crippen LogP contribution < -0.4 is 9.64 Å². The molecule has 1 aromatic rings. The number of anilines is 1. The molecular formula is C19H21F6NO3. The zero-order chi connectivity index (χ0) is 21.7. The lowest BCUT2D eigenvalue weighted by molar-refractivity contribution is -0.274. The van der Waals surface area contributed by atoms with Crippen LogP contribution >= 0.6 is 0 Å². The second-order valence-electron chi connectivity index (χ2n) is 7.81. The predicted octanol–water partition coefficient (Wildman–Crippen LogP) is 4.61. The molecule has 2 aliphatic rings. The van der Waals surface area contributed by atoms with Crippen LogP contribution in [0.3, 0.4) is 0 Å². The summed E-state index contributed by atoms with van der Waals surface area (Å²) in [5, 5.41) is 9.84. The van der Waals surface area contributed by atoms with Crippen molar-refractivity contribution < 1.29 is 41.0 Å².